The van der Waals surface area contributed by atoms with Gasteiger partial charge < -0.3 is 52.5 Å². The molecule has 19 heteroatoms. The van der Waals surface area contributed by atoms with Gasteiger partial charge >= 0.3 is 47.8 Å². The molecule has 18 saturated carbocycles. The Morgan fingerprint density at radius 2 is 0.807 bits per heavy atom. The lowest BCUT2D eigenvalue weighted by molar-refractivity contribution is -0.253. The number of unbranched alkanes of at least 4 members (excludes halogenated alkanes) is 1. The van der Waals surface area contributed by atoms with Crippen LogP contribution in [0.3, 0.4) is 0 Å². The minimum absolute atomic E-state index is 0.147. The highest BCUT2D eigenvalue weighted by Gasteiger charge is 2.64. The van der Waals surface area contributed by atoms with Gasteiger partial charge in [-0.1, -0.05) is 87.1 Å². The normalized spacial score (nSPS) is 35.8. The van der Waals surface area contributed by atoms with Gasteiger partial charge in [0.05, 0.1) is 17.8 Å². The monoisotopic (exact) mass is 1590 g/mol. The van der Waals surface area contributed by atoms with Gasteiger partial charge in [-0.3, -0.25) is 0 Å². The molecule has 1 heterocycles. The van der Waals surface area contributed by atoms with Crippen LogP contribution < -0.4 is 0 Å². The molecular weight excluding hydrogens is 1450 g/mol. The zero-order chi connectivity index (χ0) is 83.8. The van der Waals surface area contributed by atoms with E-state index in [4.69, 9.17) is 42.6 Å². The maximum Gasteiger partial charge on any atom is 0.347 e. The van der Waals surface area contributed by atoms with Gasteiger partial charge in [0.1, 0.15) is 40.4 Å². The molecule has 0 radical (unpaired) electrons. The van der Waals surface area contributed by atoms with Gasteiger partial charge in [-0.05, 0) is 331 Å². The lowest BCUT2D eigenvalue weighted by Crippen LogP contribution is -2.62. The van der Waals surface area contributed by atoms with Crippen LogP contribution >= 0.6 is 0 Å². The number of rotatable bonds is 22. The highest BCUT2D eigenvalue weighted by molar-refractivity contribution is 5.91. The Bertz CT molecular complexity index is 3480. The van der Waals surface area contributed by atoms with Crippen LogP contribution in [0.15, 0.2) is 85.1 Å². The summed E-state index contributed by atoms with van der Waals surface area (Å²) in [6.07, 6.45) is 35.4. The van der Waals surface area contributed by atoms with Crippen molar-refractivity contribution < 1.29 is 90.8 Å². The summed E-state index contributed by atoms with van der Waals surface area (Å²) in [5.41, 5.74) is 0.998. The van der Waals surface area contributed by atoms with E-state index in [1.807, 2.05) is 6.92 Å². The van der Waals surface area contributed by atoms with E-state index in [1.54, 1.807) is 41.5 Å². The standard InChI is InChI=1S/C19H30O4.C17H26O2.C15H22O2.C14H20O3.C12H20O2.C10H16O2.C8H10O4/c1-4-5-6-21-13-22-18-8-15-7-16(9-18)11-19(10-15,12-18)23-17(20)14(2)3;1-10(2)16(18)19-17(11(3)4)14-6-12-5-13(8-14)9-15(17)7-12;1-9(2)14(16)17-15(3)12-5-10-4-11(7-12)8-13(15)6-10;1-9(2)12(15)17-14-6-10-3-11(7-14)5-13(16,4-10)8-14;1-9(2)11(13)14-12(10(3)4)7-5-6-8-12;1-8(2)9(11)12-10(3)6-4-5-7-10;1-5(2)7(9)12-6-3-4-11-8(6)10/h15-16H,2,4-13H2,1,3H3;11-15H,1,5-9H2,2-4H3;10-13H,1,4-8H2,2-3H3;10-11,16H,1,3-8H2,2H3;10H,1,5-8H2,2-4H3;1,4-7H2,2-3H3;6H,1,3-4H2,2H3. The third-order valence-corrected chi connectivity index (χ3v) is 28.7. The van der Waals surface area contributed by atoms with Crippen molar-refractivity contribution in [1.29, 1.82) is 0 Å². The Balaban J connectivity index is 0.000000154. The lowest BCUT2D eigenvalue weighted by Gasteiger charge is -2.61. The number of aliphatic hydroxyl groups is 1. The van der Waals surface area contributed by atoms with Crippen molar-refractivity contribution in [3.05, 3.63) is 85.1 Å². The Morgan fingerprint density at radius 1 is 0.439 bits per heavy atom. The molecule has 16 bridgehead atoms. The summed E-state index contributed by atoms with van der Waals surface area (Å²) in [6, 6.07) is 0. The quantitative estimate of drug-likeness (QED) is 0.0348. The number of ether oxygens (including phenoxy) is 10. The first kappa shape index (κ1) is 91.7. The molecule has 19 rings (SSSR count). The highest BCUT2D eigenvalue weighted by atomic mass is 16.7. The van der Waals surface area contributed by atoms with Gasteiger partial charge in [0, 0.05) is 64.9 Å². The second-order valence-corrected chi connectivity index (χ2v) is 39.8. The van der Waals surface area contributed by atoms with Gasteiger partial charge in [0.2, 0.25) is 6.10 Å². The van der Waals surface area contributed by atoms with Gasteiger partial charge in [0.15, 0.2) is 0 Å². The SMILES string of the molecule is C=C(C)C(=O)OC1(C(C)C)C2CC3CC(C2)CC1C3.C=C(C)C(=O)OC1(C(C)C)CCCC1.C=C(C)C(=O)OC1(C)C2CC3CC(C2)CC1C3.C=C(C)C(=O)OC1(C)CCCC1.C=C(C)C(=O)OC12CC3CC(CC(O)(C3)C1)C2.C=C(C)C(=O)OC12CC3CC(CC(OCOCCCC)(C3)C1)C2.C=C(C)C(=O)OC1CCOC1=O. The van der Waals surface area contributed by atoms with Crippen LogP contribution in [-0.2, 0) is 85.7 Å². The van der Waals surface area contributed by atoms with Crippen molar-refractivity contribution in [3.8, 4) is 0 Å². The van der Waals surface area contributed by atoms with Gasteiger partial charge in [0.25, 0.3) is 0 Å². The largest absolute Gasteiger partial charge is 0.463 e. The summed E-state index contributed by atoms with van der Waals surface area (Å²) in [4.78, 5) is 92.1. The molecule has 19 nitrogen and oxygen atoms in total. The molecule has 0 aromatic rings. The summed E-state index contributed by atoms with van der Waals surface area (Å²) in [5, 5.41) is 10.5. The Kier molecular flexibility index (Phi) is 30.4. The van der Waals surface area contributed by atoms with E-state index in [-0.39, 0.29) is 75.0 Å². The van der Waals surface area contributed by atoms with E-state index in [2.05, 4.69) is 92.3 Å². The predicted octanol–water partition coefficient (Wildman–Crippen LogP) is 19.4. The number of hydrogen-bond acceptors (Lipinski definition) is 19. The van der Waals surface area contributed by atoms with Gasteiger partial charge in [-0.15, -0.1) is 0 Å². The first-order chi connectivity index (χ1) is 53.4. The summed E-state index contributed by atoms with van der Waals surface area (Å²) in [5.74, 6) is 6.70. The average Bonchev–Trinajstić information content (AvgIpc) is 0.785. The number of hydrogen-bond donors (Lipinski definition) is 1. The van der Waals surface area contributed by atoms with Crippen LogP contribution in [0.5, 0.6) is 0 Å². The Labute approximate surface area is 682 Å². The molecule has 0 spiro atoms. The fraction of sp³-hybridized carbons (Fsp3) is 0.768. The first-order valence-electron chi connectivity index (χ1n) is 43.7. The molecule has 1 aliphatic heterocycles. The van der Waals surface area contributed by atoms with Crippen molar-refractivity contribution >= 4 is 47.8 Å². The molecule has 638 valence electrons. The topological polar surface area (TPSA) is 249 Å². The van der Waals surface area contributed by atoms with Crippen LogP contribution in [0.2, 0.25) is 0 Å². The fourth-order valence-electron chi connectivity index (χ4n) is 24.0. The van der Waals surface area contributed by atoms with E-state index < -0.39 is 29.2 Å². The summed E-state index contributed by atoms with van der Waals surface area (Å²) in [6.45, 7) is 53.6. The van der Waals surface area contributed by atoms with Crippen molar-refractivity contribution in [2.75, 3.05) is 20.0 Å². The Morgan fingerprint density at radius 3 is 1.20 bits per heavy atom. The maximum absolute atomic E-state index is 12.1. The van der Waals surface area contributed by atoms with E-state index in [1.165, 1.54) is 110 Å². The number of cyclic esters (lactones) is 1. The molecule has 19 fully saturated rings. The summed E-state index contributed by atoms with van der Waals surface area (Å²) < 4.78 is 55.7. The maximum atomic E-state index is 12.1. The minimum Gasteiger partial charge on any atom is -0.463 e. The molecule has 0 amide bonds. The van der Waals surface area contributed by atoms with Crippen molar-refractivity contribution in [1.82, 2.24) is 0 Å². The molecule has 5 unspecified atom stereocenters. The van der Waals surface area contributed by atoms with E-state index in [9.17, 15) is 43.5 Å². The average molecular weight is 1590 g/mol. The summed E-state index contributed by atoms with van der Waals surface area (Å²) >= 11 is 0. The fourth-order valence-corrected chi connectivity index (χ4v) is 24.0. The number of carbonyl (C=O) groups is 8. The third kappa shape index (κ3) is 22.4. The van der Waals surface area contributed by atoms with Gasteiger partial charge in [-0.25, -0.2) is 38.4 Å². The van der Waals surface area contributed by atoms with Gasteiger partial charge in [-0.2, -0.15) is 0 Å². The van der Waals surface area contributed by atoms with Crippen LogP contribution in [-0.4, -0.2) is 124 Å². The molecule has 1 saturated heterocycles. The van der Waals surface area contributed by atoms with Crippen molar-refractivity contribution in [2.45, 2.75) is 360 Å². The second-order valence-electron chi connectivity index (χ2n) is 39.8. The second kappa shape index (κ2) is 37.8. The van der Waals surface area contributed by atoms with E-state index >= 15 is 0 Å². The zero-order valence-electron chi connectivity index (χ0n) is 72.4. The lowest BCUT2D eigenvalue weighted by atomic mass is 9.47. The van der Waals surface area contributed by atoms with Crippen LogP contribution in [0, 0.1) is 82.9 Å². The zero-order valence-corrected chi connectivity index (χ0v) is 72.4. The van der Waals surface area contributed by atoms with Crippen molar-refractivity contribution in [3.63, 3.8) is 0 Å². The predicted molar refractivity (Wildman–Crippen MR) is 438 cm³/mol. The van der Waals surface area contributed by atoms with E-state index in [0.717, 1.165) is 127 Å². The summed E-state index contributed by atoms with van der Waals surface area (Å²) in [7, 11) is 0. The van der Waals surface area contributed by atoms with Crippen LogP contribution in [0.4, 0.5) is 0 Å². The van der Waals surface area contributed by atoms with Crippen LogP contribution in [0.1, 0.15) is 309 Å². The smallest absolute Gasteiger partial charge is 0.347 e. The minimum atomic E-state index is -0.728. The van der Waals surface area contributed by atoms with Crippen molar-refractivity contribution in [2.24, 2.45) is 82.9 Å². The van der Waals surface area contributed by atoms with Crippen LogP contribution in [0.25, 0.3) is 0 Å². The molecule has 1 N–H and O–H groups in total. The molecule has 19 aliphatic rings. The van der Waals surface area contributed by atoms with E-state index in [0.29, 0.717) is 119 Å². The Hall–Kier alpha value is -6.18. The number of carbonyl (C=O) groups excluding carboxylic acids is 8. The third-order valence-electron chi connectivity index (χ3n) is 28.7. The molecular formula is C95H144O19. The number of esters is 8. The molecule has 18 aliphatic carbocycles. The molecule has 0 aromatic carbocycles. The molecule has 5 atom stereocenters. The first-order valence-corrected chi connectivity index (χ1v) is 43.7. The highest BCUT2D eigenvalue weighted by Crippen LogP contribution is 2.64. The molecule has 0 aromatic heterocycles. The molecule has 114 heavy (non-hydrogen) atoms.